The number of amides is 1. The van der Waals surface area contributed by atoms with Crippen molar-refractivity contribution in [3.8, 4) is 22.4 Å². The Labute approximate surface area is 208 Å². The van der Waals surface area contributed by atoms with Crippen LogP contribution in [0.25, 0.3) is 33.2 Å². The lowest BCUT2D eigenvalue weighted by Crippen LogP contribution is -2.42. The Morgan fingerprint density at radius 3 is 2.58 bits per heavy atom. The van der Waals surface area contributed by atoms with Crippen molar-refractivity contribution in [1.29, 1.82) is 0 Å². The zero-order valence-corrected chi connectivity index (χ0v) is 20.6. The van der Waals surface area contributed by atoms with Gasteiger partial charge in [-0.1, -0.05) is 24.3 Å². The van der Waals surface area contributed by atoms with Gasteiger partial charge in [-0.25, -0.2) is 14.2 Å². The first kappa shape index (κ1) is 23.7. The second-order valence-corrected chi connectivity index (χ2v) is 10.1. The summed E-state index contributed by atoms with van der Waals surface area (Å²) >= 11 is 0. The van der Waals surface area contributed by atoms with Gasteiger partial charge in [0.05, 0.1) is 12.2 Å². The van der Waals surface area contributed by atoms with E-state index in [1.54, 1.807) is 41.7 Å². The SMILES string of the molecule is CC(C)(C)OC(=O)N1CCC(n2cc(-c3cnc(N)c(-c4ncc5ccccc5c4F)c3)cn2)CC1. The summed E-state index contributed by atoms with van der Waals surface area (Å²) in [6, 6.07) is 9.15. The highest BCUT2D eigenvalue weighted by atomic mass is 19.1. The number of piperidine rings is 1. The highest BCUT2D eigenvalue weighted by Gasteiger charge is 2.28. The van der Waals surface area contributed by atoms with Crippen LogP contribution < -0.4 is 5.73 Å². The highest BCUT2D eigenvalue weighted by molar-refractivity contribution is 5.88. The van der Waals surface area contributed by atoms with Crippen molar-refractivity contribution < 1.29 is 13.9 Å². The standard InChI is InChI=1S/C27H29FN6O2/c1-27(2,3)36-26(35)33-10-8-20(9-11-33)34-16-19(15-32-34)18-12-22(25(29)31-14-18)24-23(28)21-7-5-4-6-17(21)13-30-24/h4-7,12-16,20H,8-11H2,1-3H3,(H2,29,31). The number of hydrogen-bond donors (Lipinski definition) is 1. The van der Waals surface area contributed by atoms with E-state index in [0.29, 0.717) is 24.0 Å². The number of rotatable bonds is 3. The summed E-state index contributed by atoms with van der Waals surface area (Å²) in [5, 5.41) is 5.77. The summed E-state index contributed by atoms with van der Waals surface area (Å²) in [4.78, 5) is 22.7. The molecule has 4 aromatic rings. The molecular formula is C27H29FN6O2. The predicted octanol–water partition coefficient (Wildman–Crippen LogP) is 5.45. The van der Waals surface area contributed by atoms with Crippen molar-refractivity contribution in [3.63, 3.8) is 0 Å². The van der Waals surface area contributed by atoms with Gasteiger partial charge in [-0.15, -0.1) is 0 Å². The van der Waals surface area contributed by atoms with E-state index in [4.69, 9.17) is 10.5 Å². The fourth-order valence-electron chi connectivity index (χ4n) is 4.46. The molecule has 1 aliphatic heterocycles. The lowest BCUT2D eigenvalue weighted by molar-refractivity contribution is 0.0185. The minimum Gasteiger partial charge on any atom is -0.444 e. The number of ether oxygens (including phenoxy) is 1. The fraction of sp³-hybridized carbons (Fsp3) is 0.333. The molecule has 2 N–H and O–H groups in total. The van der Waals surface area contributed by atoms with Crippen LogP contribution in [0.2, 0.25) is 0 Å². The third kappa shape index (κ3) is 4.73. The quantitative estimate of drug-likeness (QED) is 0.411. The summed E-state index contributed by atoms with van der Waals surface area (Å²) < 4.78 is 22.7. The minimum absolute atomic E-state index is 0.165. The smallest absolute Gasteiger partial charge is 0.410 e. The van der Waals surface area contributed by atoms with Crippen LogP contribution in [0.1, 0.15) is 39.7 Å². The number of nitrogen functional groups attached to an aromatic ring is 1. The second kappa shape index (κ2) is 9.22. The molecule has 0 atom stereocenters. The second-order valence-electron chi connectivity index (χ2n) is 10.1. The molecule has 8 nitrogen and oxygen atoms in total. The van der Waals surface area contributed by atoms with Crippen molar-refractivity contribution in [2.45, 2.75) is 45.3 Å². The van der Waals surface area contributed by atoms with E-state index in [0.717, 1.165) is 29.4 Å². The number of pyridine rings is 2. The first-order valence-corrected chi connectivity index (χ1v) is 12.0. The zero-order valence-electron chi connectivity index (χ0n) is 20.6. The molecule has 36 heavy (non-hydrogen) atoms. The van der Waals surface area contributed by atoms with E-state index in [1.807, 2.05) is 43.8 Å². The maximum atomic E-state index is 15.3. The number of anilines is 1. The summed E-state index contributed by atoms with van der Waals surface area (Å²) in [6.45, 7) is 6.81. The van der Waals surface area contributed by atoms with E-state index < -0.39 is 11.4 Å². The van der Waals surface area contributed by atoms with Crippen molar-refractivity contribution in [2.24, 2.45) is 0 Å². The Hall–Kier alpha value is -4.01. The molecule has 0 saturated carbocycles. The molecule has 1 aliphatic rings. The van der Waals surface area contributed by atoms with E-state index in [-0.39, 0.29) is 23.6 Å². The van der Waals surface area contributed by atoms with Gasteiger partial charge in [0.2, 0.25) is 0 Å². The van der Waals surface area contributed by atoms with Crippen LogP contribution in [-0.4, -0.2) is 49.4 Å². The Morgan fingerprint density at radius 1 is 1.08 bits per heavy atom. The molecule has 0 aliphatic carbocycles. The molecule has 1 saturated heterocycles. The van der Waals surface area contributed by atoms with Gasteiger partial charge in [0, 0.05) is 59.1 Å². The third-order valence-electron chi connectivity index (χ3n) is 6.34. The number of likely N-dealkylation sites (tertiary alicyclic amines) is 1. The lowest BCUT2D eigenvalue weighted by atomic mass is 10.0. The van der Waals surface area contributed by atoms with Crippen LogP contribution in [0.4, 0.5) is 15.0 Å². The van der Waals surface area contributed by atoms with E-state index in [1.165, 1.54) is 0 Å². The van der Waals surface area contributed by atoms with Crippen LogP contribution >= 0.6 is 0 Å². The Kier molecular flexibility index (Phi) is 6.07. The average molecular weight is 489 g/mol. The van der Waals surface area contributed by atoms with Crippen LogP contribution in [0.5, 0.6) is 0 Å². The summed E-state index contributed by atoms with van der Waals surface area (Å²) in [7, 11) is 0. The lowest BCUT2D eigenvalue weighted by Gasteiger charge is -2.33. The maximum Gasteiger partial charge on any atom is 0.410 e. The van der Waals surface area contributed by atoms with Gasteiger partial charge in [0.25, 0.3) is 0 Å². The number of carbonyl (C=O) groups excluding carboxylic acids is 1. The van der Waals surface area contributed by atoms with Crippen molar-refractivity contribution in [2.75, 3.05) is 18.8 Å². The number of nitrogens with two attached hydrogens (primary N) is 1. The molecule has 186 valence electrons. The molecule has 0 bridgehead atoms. The molecule has 4 heterocycles. The molecule has 5 rings (SSSR count). The van der Waals surface area contributed by atoms with Gasteiger partial charge in [-0.2, -0.15) is 5.10 Å². The Balaban J connectivity index is 1.35. The fourth-order valence-corrected chi connectivity index (χ4v) is 4.46. The van der Waals surface area contributed by atoms with Gasteiger partial charge >= 0.3 is 6.09 Å². The van der Waals surface area contributed by atoms with Crippen LogP contribution in [0.15, 0.2) is 55.1 Å². The maximum absolute atomic E-state index is 15.3. The Bertz CT molecular complexity index is 1420. The third-order valence-corrected chi connectivity index (χ3v) is 6.34. The zero-order chi connectivity index (χ0) is 25.4. The monoisotopic (exact) mass is 488 g/mol. The molecule has 3 aromatic heterocycles. The topological polar surface area (TPSA) is 99.2 Å². The van der Waals surface area contributed by atoms with Gasteiger partial charge in [0.15, 0.2) is 5.82 Å². The number of aromatic nitrogens is 4. The number of hydrogen-bond acceptors (Lipinski definition) is 6. The van der Waals surface area contributed by atoms with Crippen molar-refractivity contribution in [1.82, 2.24) is 24.6 Å². The molecule has 0 spiro atoms. The predicted molar refractivity (Wildman–Crippen MR) is 137 cm³/mol. The first-order chi connectivity index (χ1) is 17.2. The van der Waals surface area contributed by atoms with E-state index >= 15 is 4.39 Å². The van der Waals surface area contributed by atoms with E-state index in [9.17, 15) is 4.79 Å². The average Bonchev–Trinajstić information content (AvgIpc) is 3.34. The van der Waals surface area contributed by atoms with Gasteiger partial charge in [0.1, 0.15) is 17.1 Å². The number of carbonyl (C=O) groups is 1. The van der Waals surface area contributed by atoms with Gasteiger partial charge in [-0.3, -0.25) is 9.67 Å². The van der Waals surface area contributed by atoms with Crippen molar-refractivity contribution >= 4 is 22.7 Å². The molecule has 1 amide bonds. The molecule has 0 radical (unpaired) electrons. The summed E-state index contributed by atoms with van der Waals surface area (Å²) in [6.07, 6.45) is 8.29. The minimum atomic E-state index is -0.512. The number of halogens is 1. The Morgan fingerprint density at radius 2 is 1.83 bits per heavy atom. The summed E-state index contributed by atoms with van der Waals surface area (Å²) in [5.41, 5.74) is 7.84. The highest BCUT2D eigenvalue weighted by Crippen LogP contribution is 2.33. The van der Waals surface area contributed by atoms with Crippen LogP contribution in [0.3, 0.4) is 0 Å². The largest absolute Gasteiger partial charge is 0.444 e. The van der Waals surface area contributed by atoms with Crippen LogP contribution in [-0.2, 0) is 4.74 Å². The van der Waals surface area contributed by atoms with E-state index in [2.05, 4.69) is 15.1 Å². The van der Waals surface area contributed by atoms with Gasteiger partial charge in [-0.05, 0) is 39.7 Å². The van der Waals surface area contributed by atoms with Gasteiger partial charge < -0.3 is 15.4 Å². The molecule has 1 fully saturated rings. The normalized spacial score (nSPS) is 14.8. The molecule has 9 heteroatoms. The van der Waals surface area contributed by atoms with Crippen LogP contribution in [0, 0.1) is 5.82 Å². The first-order valence-electron chi connectivity index (χ1n) is 12.0. The molecular weight excluding hydrogens is 459 g/mol. The number of benzene rings is 1. The van der Waals surface area contributed by atoms with Crippen molar-refractivity contribution in [3.05, 3.63) is 60.9 Å². The number of fused-ring (bicyclic) bond motifs is 1. The number of nitrogens with zero attached hydrogens (tertiary/aromatic N) is 5. The summed E-state index contributed by atoms with van der Waals surface area (Å²) in [5.74, 6) is -0.214. The molecule has 0 unspecified atom stereocenters. The molecule has 1 aromatic carbocycles.